The largest absolute Gasteiger partial charge is 0.390 e. The molecule has 33 heavy (non-hydrogen) atoms. The average molecular weight is 457 g/mol. The number of aliphatic hydroxyl groups is 1. The second-order valence-electron chi connectivity index (χ2n) is 11.6. The standard InChI is InChI=1S/C26H40N4O3/c1-6-27-24(32)25(4,5)7-8-30-21(9-16(2)3)20(15-28-30)23(31)29-22-18-10-17-11-19(22)14-26(33,12-17)13-18/h7-8,15-19,22,33H,6,9-14H2,1-5H3,(H,27,32)(H,29,31)/b8-7+/t17?,18?,19?,22-,26-. The van der Waals surface area contributed by atoms with Crippen LogP contribution < -0.4 is 10.6 Å². The van der Waals surface area contributed by atoms with Crippen LogP contribution in [0.5, 0.6) is 0 Å². The zero-order valence-corrected chi connectivity index (χ0v) is 20.7. The Morgan fingerprint density at radius 3 is 2.52 bits per heavy atom. The Kier molecular flexibility index (Phi) is 6.47. The summed E-state index contributed by atoms with van der Waals surface area (Å²) >= 11 is 0. The maximum atomic E-state index is 13.4. The first kappa shape index (κ1) is 24.0. The van der Waals surface area contributed by atoms with Crippen molar-refractivity contribution in [3.8, 4) is 0 Å². The third-order valence-corrected chi connectivity index (χ3v) is 7.84. The highest BCUT2D eigenvalue weighted by Crippen LogP contribution is 2.55. The highest BCUT2D eigenvalue weighted by molar-refractivity contribution is 5.95. The van der Waals surface area contributed by atoms with Gasteiger partial charge < -0.3 is 15.7 Å². The Hall–Kier alpha value is -2.15. The van der Waals surface area contributed by atoms with Gasteiger partial charge in [0.1, 0.15) is 0 Å². The lowest BCUT2D eigenvalue weighted by atomic mass is 9.52. The minimum absolute atomic E-state index is 0.0414. The van der Waals surface area contributed by atoms with Crippen molar-refractivity contribution in [1.29, 1.82) is 0 Å². The highest BCUT2D eigenvalue weighted by Gasteiger charge is 2.55. The van der Waals surface area contributed by atoms with Crippen molar-refractivity contribution in [1.82, 2.24) is 20.4 Å². The predicted octanol–water partition coefficient (Wildman–Crippen LogP) is 3.38. The molecule has 2 amide bonds. The molecule has 5 rings (SSSR count). The molecule has 0 saturated heterocycles. The van der Waals surface area contributed by atoms with Crippen LogP contribution in [0.2, 0.25) is 0 Å². The second-order valence-corrected chi connectivity index (χ2v) is 11.6. The number of rotatable bonds is 8. The molecular formula is C26H40N4O3. The van der Waals surface area contributed by atoms with Crippen molar-refractivity contribution in [2.24, 2.45) is 29.1 Å². The Morgan fingerprint density at radius 1 is 1.27 bits per heavy atom. The molecule has 0 radical (unpaired) electrons. The van der Waals surface area contributed by atoms with Crippen molar-refractivity contribution in [2.75, 3.05) is 6.54 Å². The third-order valence-electron chi connectivity index (χ3n) is 7.84. The van der Waals surface area contributed by atoms with E-state index in [4.69, 9.17) is 0 Å². The maximum absolute atomic E-state index is 13.4. The summed E-state index contributed by atoms with van der Waals surface area (Å²) in [5.41, 5.74) is 0.289. The molecule has 1 aromatic heterocycles. The molecule has 0 spiro atoms. The van der Waals surface area contributed by atoms with Gasteiger partial charge in [0.2, 0.25) is 5.91 Å². The molecule has 4 saturated carbocycles. The zero-order chi connectivity index (χ0) is 24.0. The van der Waals surface area contributed by atoms with Gasteiger partial charge in [0.15, 0.2) is 0 Å². The van der Waals surface area contributed by atoms with Gasteiger partial charge in [0, 0.05) is 18.8 Å². The number of nitrogens with one attached hydrogen (secondary N) is 2. The SMILES string of the molecule is CCNC(=O)C(C)(C)/C=C/n1ncc(C(=O)N[C@H]2C3CC4CC2C[C@](O)(C4)C3)c1CC(C)C. The number of hydrogen-bond donors (Lipinski definition) is 3. The summed E-state index contributed by atoms with van der Waals surface area (Å²) in [6.45, 7) is 10.5. The van der Waals surface area contributed by atoms with Gasteiger partial charge >= 0.3 is 0 Å². The van der Waals surface area contributed by atoms with E-state index in [0.29, 0.717) is 42.2 Å². The number of aromatic nitrogens is 2. The van der Waals surface area contributed by atoms with Crippen LogP contribution in [0.1, 0.15) is 82.8 Å². The Labute approximate surface area is 197 Å². The van der Waals surface area contributed by atoms with E-state index in [2.05, 4.69) is 29.6 Å². The van der Waals surface area contributed by atoms with Crippen LogP contribution in [0.15, 0.2) is 12.3 Å². The molecule has 1 heterocycles. The van der Waals surface area contributed by atoms with Crippen LogP contribution in [0, 0.1) is 29.1 Å². The van der Waals surface area contributed by atoms with Crippen molar-refractivity contribution < 1.29 is 14.7 Å². The molecule has 4 aliphatic carbocycles. The van der Waals surface area contributed by atoms with Crippen LogP contribution in [0.3, 0.4) is 0 Å². The summed E-state index contributed by atoms with van der Waals surface area (Å²) in [7, 11) is 0. The fourth-order valence-corrected chi connectivity index (χ4v) is 6.46. The van der Waals surface area contributed by atoms with E-state index in [9.17, 15) is 14.7 Å². The second kappa shape index (κ2) is 8.90. The van der Waals surface area contributed by atoms with Crippen LogP contribution in [-0.2, 0) is 11.2 Å². The molecule has 2 unspecified atom stereocenters. The normalized spacial score (nSPS) is 30.9. The van der Waals surface area contributed by atoms with E-state index in [1.165, 1.54) is 0 Å². The molecule has 182 valence electrons. The van der Waals surface area contributed by atoms with Crippen molar-refractivity contribution in [3.05, 3.63) is 23.5 Å². The van der Waals surface area contributed by atoms with Gasteiger partial charge in [-0.1, -0.05) is 19.9 Å². The Balaban J connectivity index is 1.53. The molecule has 0 aromatic carbocycles. The maximum Gasteiger partial charge on any atom is 0.255 e. The van der Waals surface area contributed by atoms with Crippen molar-refractivity contribution in [2.45, 2.75) is 84.8 Å². The van der Waals surface area contributed by atoms with Gasteiger partial charge in [-0.2, -0.15) is 5.10 Å². The summed E-state index contributed by atoms with van der Waals surface area (Å²) in [6, 6.07) is 0.136. The van der Waals surface area contributed by atoms with E-state index in [1.54, 1.807) is 10.9 Å². The summed E-state index contributed by atoms with van der Waals surface area (Å²) in [4.78, 5) is 25.8. The third kappa shape index (κ3) is 4.88. The van der Waals surface area contributed by atoms with E-state index < -0.39 is 11.0 Å². The molecular weight excluding hydrogens is 416 g/mol. The zero-order valence-electron chi connectivity index (χ0n) is 20.7. The summed E-state index contributed by atoms with van der Waals surface area (Å²) in [6.07, 6.45) is 10.8. The topological polar surface area (TPSA) is 96.2 Å². The van der Waals surface area contributed by atoms with Crippen LogP contribution in [0.4, 0.5) is 0 Å². The minimum atomic E-state index is -0.680. The number of amides is 2. The molecule has 4 aliphatic rings. The monoisotopic (exact) mass is 456 g/mol. The van der Waals surface area contributed by atoms with Gasteiger partial charge in [-0.15, -0.1) is 0 Å². The average Bonchev–Trinajstić information content (AvgIpc) is 3.10. The molecule has 4 fully saturated rings. The van der Waals surface area contributed by atoms with Gasteiger partial charge in [0.05, 0.1) is 28.5 Å². The summed E-state index contributed by atoms with van der Waals surface area (Å²) in [5, 5.41) is 21.5. The van der Waals surface area contributed by atoms with Crippen molar-refractivity contribution in [3.63, 3.8) is 0 Å². The van der Waals surface area contributed by atoms with Gasteiger partial charge in [-0.25, -0.2) is 4.68 Å². The van der Waals surface area contributed by atoms with E-state index in [0.717, 1.165) is 37.8 Å². The first-order valence-electron chi connectivity index (χ1n) is 12.6. The van der Waals surface area contributed by atoms with Crippen LogP contribution >= 0.6 is 0 Å². The first-order valence-corrected chi connectivity index (χ1v) is 12.6. The van der Waals surface area contributed by atoms with Gasteiger partial charge in [-0.05, 0) is 83.0 Å². The van der Waals surface area contributed by atoms with Crippen LogP contribution in [0.25, 0.3) is 6.20 Å². The first-order chi connectivity index (χ1) is 15.5. The summed E-state index contributed by atoms with van der Waals surface area (Å²) in [5.74, 6) is 1.58. The number of hydrogen-bond acceptors (Lipinski definition) is 4. The predicted molar refractivity (Wildman–Crippen MR) is 128 cm³/mol. The Morgan fingerprint density at radius 2 is 1.94 bits per heavy atom. The number of carbonyl (C=O) groups excluding carboxylic acids is 2. The molecule has 3 N–H and O–H groups in total. The van der Waals surface area contributed by atoms with Gasteiger partial charge in [-0.3, -0.25) is 9.59 Å². The molecule has 1 aromatic rings. The molecule has 2 atom stereocenters. The lowest BCUT2D eigenvalue weighted by molar-refractivity contribution is -0.137. The van der Waals surface area contributed by atoms with E-state index in [1.807, 2.05) is 33.0 Å². The lowest BCUT2D eigenvalue weighted by Crippen LogP contribution is -2.61. The van der Waals surface area contributed by atoms with Gasteiger partial charge in [0.25, 0.3) is 5.91 Å². The number of nitrogens with zero attached hydrogens (tertiary/aromatic N) is 2. The van der Waals surface area contributed by atoms with Crippen molar-refractivity contribution >= 4 is 18.0 Å². The lowest BCUT2D eigenvalue weighted by Gasteiger charge is -2.58. The fourth-order valence-electron chi connectivity index (χ4n) is 6.46. The minimum Gasteiger partial charge on any atom is -0.390 e. The fraction of sp³-hybridized carbons (Fsp3) is 0.731. The Bertz CT molecular complexity index is 916. The number of carbonyl (C=O) groups is 2. The highest BCUT2D eigenvalue weighted by atomic mass is 16.3. The quantitative estimate of drug-likeness (QED) is 0.559. The summed E-state index contributed by atoms with van der Waals surface area (Å²) < 4.78 is 1.75. The molecule has 0 aliphatic heterocycles. The molecule has 7 heteroatoms. The smallest absolute Gasteiger partial charge is 0.255 e. The van der Waals surface area contributed by atoms with Crippen LogP contribution in [-0.4, -0.2) is 44.9 Å². The van der Waals surface area contributed by atoms with E-state index >= 15 is 0 Å². The molecule has 4 bridgehead atoms. The van der Waals surface area contributed by atoms with E-state index in [-0.39, 0.29) is 17.9 Å². The molecule has 7 nitrogen and oxygen atoms in total.